The Balaban J connectivity index is 3.07. The van der Waals surface area contributed by atoms with Crippen LogP contribution in [0.4, 0.5) is 18.9 Å². The molecule has 1 amide bonds. The third-order valence-corrected chi connectivity index (χ3v) is 2.00. The zero-order valence-electron chi connectivity index (χ0n) is 8.79. The number of hydrogen-bond donors (Lipinski definition) is 2. The number of anilines is 1. The molecular weight excluding hydrogens is 233 g/mol. The molecule has 0 fully saturated rings. The summed E-state index contributed by atoms with van der Waals surface area (Å²) in [6, 6.07) is 3.46. The molecule has 0 saturated carbocycles. The summed E-state index contributed by atoms with van der Waals surface area (Å²) in [6.45, 7) is 0. The molecule has 0 aliphatic rings. The molecule has 0 saturated heterocycles. The van der Waals surface area contributed by atoms with E-state index in [0.29, 0.717) is 0 Å². The molecule has 92 valence electrons. The molecule has 1 aromatic carbocycles. The number of benzene rings is 1. The Morgan fingerprint density at radius 3 is 2.53 bits per heavy atom. The molecule has 1 aromatic rings. The number of hydrogen-bond acceptors (Lipinski definition) is 2. The van der Waals surface area contributed by atoms with Crippen molar-refractivity contribution >= 4 is 17.7 Å². The van der Waals surface area contributed by atoms with E-state index in [-0.39, 0.29) is 17.7 Å². The lowest BCUT2D eigenvalue weighted by atomic mass is 10.1. The maximum Gasteiger partial charge on any atom is 0.417 e. The van der Waals surface area contributed by atoms with Crippen LogP contribution in [0.15, 0.2) is 24.3 Å². The summed E-state index contributed by atoms with van der Waals surface area (Å²) in [6.07, 6.45) is -2.11. The Hall–Kier alpha value is -1.98. The first-order valence-corrected chi connectivity index (χ1v) is 4.72. The fourth-order valence-electron chi connectivity index (χ4n) is 1.27. The fraction of sp³-hybridized carbons (Fsp3) is 0.182. The van der Waals surface area contributed by atoms with Crippen LogP contribution in [0.2, 0.25) is 0 Å². The lowest BCUT2D eigenvalue weighted by molar-refractivity contribution is -0.137. The minimum atomic E-state index is -4.48. The van der Waals surface area contributed by atoms with Crippen molar-refractivity contribution in [3.05, 3.63) is 35.4 Å². The third kappa shape index (κ3) is 3.82. The molecule has 0 atom stereocenters. The SMILES string of the molecule is NC(=O)CC=Cc1ccc(N)cc1C(F)(F)F. The van der Waals surface area contributed by atoms with Crippen LogP contribution >= 0.6 is 0 Å². The van der Waals surface area contributed by atoms with Gasteiger partial charge in [-0.25, -0.2) is 0 Å². The molecule has 0 aromatic heterocycles. The molecule has 4 N–H and O–H groups in total. The van der Waals surface area contributed by atoms with E-state index in [2.05, 4.69) is 0 Å². The van der Waals surface area contributed by atoms with Crippen molar-refractivity contribution in [1.29, 1.82) is 0 Å². The van der Waals surface area contributed by atoms with Crippen LogP contribution in [0, 0.1) is 0 Å². The van der Waals surface area contributed by atoms with E-state index >= 15 is 0 Å². The molecule has 0 unspecified atom stereocenters. The van der Waals surface area contributed by atoms with Crippen LogP contribution in [0.5, 0.6) is 0 Å². The van der Waals surface area contributed by atoms with Crippen molar-refractivity contribution in [2.75, 3.05) is 5.73 Å². The number of rotatable bonds is 3. The molecule has 3 nitrogen and oxygen atoms in total. The van der Waals surface area contributed by atoms with E-state index in [9.17, 15) is 18.0 Å². The highest BCUT2D eigenvalue weighted by Gasteiger charge is 2.32. The van der Waals surface area contributed by atoms with Crippen molar-refractivity contribution in [3.8, 4) is 0 Å². The van der Waals surface area contributed by atoms with Gasteiger partial charge in [-0.2, -0.15) is 13.2 Å². The zero-order chi connectivity index (χ0) is 13.1. The van der Waals surface area contributed by atoms with Crippen LogP contribution in [-0.4, -0.2) is 5.91 Å². The summed E-state index contributed by atoms with van der Waals surface area (Å²) in [4.78, 5) is 10.5. The number of halogens is 3. The molecule has 0 radical (unpaired) electrons. The monoisotopic (exact) mass is 244 g/mol. The smallest absolute Gasteiger partial charge is 0.399 e. The Labute approximate surface area is 95.9 Å². The molecule has 0 spiro atoms. The molecular formula is C11H11F3N2O. The normalized spacial score (nSPS) is 11.9. The van der Waals surface area contributed by atoms with Crippen LogP contribution in [0.25, 0.3) is 6.08 Å². The van der Waals surface area contributed by atoms with E-state index in [1.54, 1.807) is 0 Å². The second-order valence-electron chi connectivity index (χ2n) is 3.42. The molecule has 0 aliphatic carbocycles. The van der Waals surface area contributed by atoms with Gasteiger partial charge >= 0.3 is 6.18 Å². The topological polar surface area (TPSA) is 69.1 Å². The minimum absolute atomic E-state index is 0.0318. The number of nitrogens with two attached hydrogens (primary N) is 2. The summed E-state index contributed by atoms with van der Waals surface area (Å²) >= 11 is 0. The maximum absolute atomic E-state index is 12.6. The summed E-state index contributed by atoms with van der Waals surface area (Å²) in [5.41, 5.74) is 9.32. The number of carbonyl (C=O) groups excluding carboxylic acids is 1. The average molecular weight is 244 g/mol. The Bertz CT molecular complexity index is 453. The molecule has 17 heavy (non-hydrogen) atoms. The first kappa shape index (κ1) is 13.1. The molecule has 0 aliphatic heterocycles. The average Bonchev–Trinajstić information content (AvgIpc) is 2.18. The summed E-state index contributed by atoms with van der Waals surface area (Å²) in [7, 11) is 0. The van der Waals surface area contributed by atoms with Crippen molar-refractivity contribution in [1.82, 2.24) is 0 Å². The Morgan fingerprint density at radius 1 is 1.35 bits per heavy atom. The third-order valence-electron chi connectivity index (χ3n) is 2.00. The van der Waals surface area contributed by atoms with E-state index in [1.807, 2.05) is 0 Å². The second kappa shape index (κ2) is 4.90. The van der Waals surface area contributed by atoms with Gasteiger partial charge in [-0.15, -0.1) is 0 Å². The highest BCUT2D eigenvalue weighted by molar-refractivity contribution is 5.76. The van der Waals surface area contributed by atoms with Crippen LogP contribution < -0.4 is 11.5 Å². The van der Waals surface area contributed by atoms with Gasteiger partial charge in [-0.05, 0) is 17.7 Å². The van der Waals surface area contributed by atoms with Gasteiger partial charge in [0.05, 0.1) is 5.56 Å². The first-order chi connectivity index (χ1) is 7.80. The quantitative estimate of drug-likeness (QED) is 0.800. The van der Waals surface area contributed by atoms with Crippen molar-refractivity contribution in [2.45, 2.75) is 12.6 Å². The lowest BCUT2D eigenvalue weighted by Crippen LogP contribution is -2.09. The van der Waals surface area contributed by atoms with Crippen LogP contribution in [-0.2, 0) is 11.0 Å². The summed E-state index contributed by atoms with van der Waals surface area (Å²) < 4.78 is 37.9. The van der Waals surface area contributed by atoms with Crippen LogP contribution in [0.1, 0.15) is 17.5 Å². The fourth-order valence-corrected chi connectivity index (χ4v) is 1.27. The largest absolute Gasteiger partial charge is 0.417 e. The number of primary amides is 1. The Morgan fingerprint density at radius 2 is 2.00 bits per heavy atom. The predicted octanol–water partition coefficient (Wildman–Crippen LogP) is 2.18. The zero-order valence-corrected chi connectivity index (χ0v) is 8.79. The van der Waals surface area contributed by atoms with Gasteiger partial charge in [-0.1, -0.05) is 18.2 Å². The predicted molar refractivity (Wildman–Crippen MR) is 58.7 cm³/mol. The van der Waals surface area contributed by atoms with E-state index in [0.717, 1.165) is 6.07 Å². The van der Waals surface area contributed by atoms with Gasteiger partial charge in [0, 0.05) is 12.1 Å². The highest BCUT2D eigenvalue weighted by atomic mass is 19.4. The van der Waals surface area contributed by atoms with Crippen molar-refractivity contribution in [2.24, 2.45) is 5.73 Å². The second-order valence-corrected chi connectivity index (χ2v) is 3.42. The van der Waals surface area contributed by atoms with E-state index < -0.39 is 17.6 Å². The Kier molecular flexibility index (Phi) is 3.77. The molecule has 6 heteroatoms. The van der Waals surface area contributed by atoms with Gasteiger partial charge in [-0.3, -0.25) is 4.79 Å². The number of carbonyl (C=O) groups is 1. The summed E-state index contributed by atoms with van der Waals surface area (Å²) in [5, 5.41) is 0. The molecule has 1 rings (SSSR count). The van der Waals surface area contributed by atoms with Crippen LogP contribution in [0.3, 0.4) is 0 Å². The van der Waals surface area contributed by atoms with Gasteiger partial charge in [0.1, 0.15) is 0 Å². The maximum atomic E-state index is 12.6. The molecule has 0 bridgehead atoms. The molecule has 0 heterocycles. The highest BCUT2D eigenvalue weighted by Crippen LogP contribution is 2.33. The van der Waals surface area contributed by atoms with Crippen molar-refractivity contribution < 1.29 is 18.0 Å². The number of amides is 1. The lowest BCUT2D eigenvalue weighted by Gasteiger charge is -2.10. The standard InChI is InChI=1S/C11H11F3N2O/c12-11(13,14)9-6-8(15)5-4-7(9)2-1-3-10(16)17/h1-2,4-6H,3,15H2,(H2,16,17). The van der Waals surface area contributed by atoms with Gasteiger partial charge in [0.2, 0.25) is 5.91 Å². The van der Waals surface area contributed by atoms with Gasteiger partial charge in [0.25, 0.3) is 0 Å². The summed E-state index contributed by atoms with van der Waals surface area (Å²) in [5.74, 6) is -0.606. The van der Waals surface area contributed by atoms with E-state index in [4.69, 9.17) is 11.5 Å². The van der Waals surface area contributed by atoms with Gasteiger partial charge in [0.15, 0.2) is 0 Å². The number of nitrogen functional groups attached to an aromatic ring is 1. The van der Waals surface area contributed by atoms with E-state index in [1.165, 1.54) is 24.3 Å². The number of alkyl halides is 3. The van der Waals surface area contributed by atoms with Gasteiger partial charge < -0.3 is 11.5 Å². The first-order valence-electron chi connectivity index (χ1n) is 4.72. The van der Waals surface area contributed by atoms with Crippen molar-refractivity contribution in [3.63, 3.8) is 0 Å². The minimum Gasteiger partial charge on any atom is -0.399 e.